The van der Waals surface area contributed by atoms with E-state index in [-0.39, 0.29) is 6.61 Å². The molecule has 1 aromatic heterocycles. The van der Waals surface area contributed by atoms with E-state index in [4.69, 9.17) is 4.74 Å². The highest BCUT2D eigenvalue weighted by molar-refractivity contribution is 5.68. The van der Waals surface area contributed by atoms with Gasteiger partial charge in [-0.25, -0.2) is 4.79 Å². The Hall–Kier alpha value is -3.40. The first-order chi connectivity index (χ1) is 12.8. The van der Waals surface area contributed by atoms with Gasteiger partial charge in [-0.15, -0.1) is 0 Å². The monoisotopic (exact) mass is 344 g/mol. The first kappa shape index (κ1) is 17.4. The molecule has 0 spiro atoms. The lowest BCUT2D eigenvalue weighted by molar-refractivity contribution is 0.141. The van der Waals surface area contributed by atoms with Crippen molar-refractivity contribution in [3.63, 3.8) is 0 Å². The molecule has 0 fully saturated rings. The molecule has 4 nitrogen and oxygen atoms in total. The number of rotatable bonds is 6. The van der Waals surface area contributed by atoms with Gasteiger partial charge in [-0.2, -0.15) is 0 Å². The number of amides is 1. The fourth-order valence-electron chi connectivity index (χ4n) is 2.44. The molecule has 0 radical (unpaired) electrons. The van der Waals surface area contributed by atoms with Gasteiger partial charge in [0.15, 0.2) is 0 Å². The number of nitrogens with zero attached hydrogens (tertiary/aromatic N) is 1. The second kappa shape index (κ2) is 9.18. The Balaban J connectivity index is 1.43. The van der Waals surface area contributed by atoms with Gasteiger partial charge in [-0.05, 0) is 34.4 Å². The van der Waals surface area contributed by atoms with Crippen molar-refractivity contribution in [2.45, 2.75) is 6.61 Å². The van der Waals surface area contributed by atoms with Crippen molar-refractivity contribution in [3.8, 4) is 11.1 Å². The van der Waals surface area contributed by atoms with E-state index in [9.17, 15) is 4.79 Å². The van der Waals surface area contributed by atoms with E-state index in [1.807, 2.05) is 66.7 Å². The molecule has 0 bridgehead atoms. The van der Waals surface area contributed by atoms with Crippen LogP contribution < -0.4 is 5.32 Å². The van der Waals surface area contributed by atoms with E-state index in [2.05, 4.69) is 22.4 Å². The highest BCUT2D eigenvalue weighted by Crippen LogP contribution is 2.19. The largest absolute Gasteiger partial charge is 0.445 e. The molecular weight excluding hydrogens is 324 g/mol. The zero-order valence-electron chi connectivity index (χ0n) is 14.3. The summed E-state index contributed by atoms with van der Waals surface area (Å²) in [5.74, 6) is 0. The summed E-state index contributed by atoms with van der Waals surface area (Å²) in [5, 5.41) is 2.71. The van der Waals surface area contributed by atoms with Crippen molar-refractivity contribution in [2.75, 3.05) is 6.54 Å². The van der Waals surface area contributed by atoms with Crippen LogP contribution in [-0.4, -0.2) is 17.6 Å². The molecule has 0 unspecified atom stereocenters. The van der Waals surface area contributed by atoms with Gasteiger partial charge in [0.05, 0.1) is 0 Å². The molecule has 2 aromatic carbocycles. The van der Waals surface area contributed by atoms with Gasteiger partial charge in [-0.3, -0.25) is 4.98 Å². The van der Waals surface area contributed by atoms with Gasteiger partial charge in [0.25, 0.3) is 0 Å². The first-order valence-corrected chi connectivity index (χ1v) is 8.43. The molecule has 0 atom stereocenters. The Labute approximate surface area is 153 Å². The second-order valence-corrected chi connectivity index (χ2v) is 5.70. The van der Waals surface area contributed by atoms with Gasteiger partial charge >= 0.3 is 6.09 Å². The van der Waals surface area contributed by atoms with Crippen LogP contribution in [0, 0.1) is 0 Å². The first-order valence-electron chi connectivity index (χ1n) is 8.43. The molecule has 1 N–H and O–H groups in total. The number of ether oxygens (including phenoxy) is 1. The fourth-order valence-corrected chi connectivity index (χ4v) is 2.44. The van der Waals surface area contributed by atoms with E-state index < -0.39 is 6.09 Å². The zero-order valence-corrected chi connectivity index (χ0v) is 14.3. The van der Waals surface area contributed by atoms with Crippen LogP contribution in [0.1, 0.15) is 11.1 Å². The lowest BCUT2D eigenvalue weighted by atomic mass is 10.1. The molecule has 0 aliphatic heterocycles. The highest BCUT2D eigenvalue weighted by Gasteiger charge is 2.00. The van der Waals surface area contributed by atoms with Crippen LogP contribution in [0.3, 0.4) is 0 Å². The minimum atomic E-state index is -0.425. The summed E-state index contributed by atoms with van der Waals surface area (Å²) in [4.78, 5) is 15.7. The highest BCUT2D eigenvalue weighted by atomic mass is 16.5. The quantitative estimate of drug-likeness (QED) is 0.706. The summed E-state index contributed by atoms with van der Waals surface area (Å²) < 4.78 is 5.16. The van der Waals surface area contributed by atoms with E-state index in [0.717, 1.165) is 22.3 Å². The maximum atomic E-state index is 11.7. The van der Waals surface area contributed by atoms with E-state index >= 15 is 0 Å². The van der Waals surface area contributed by atoms with Crippen LogP contribution in [0.2, 0.25) is 0 Å². The molecule has 0 saturated carbocycles. The summed E-state index contributed by atoms with van der Waals surface area (Å²) in [6, 6.07) is 21.8. The molecule has 4 heteroatoms. The Bertz CT molecular complexity index is 844. The Morgan fingerprint density at radius 2 is 1.62 bits per heavy atom. The SMILES string of the molecule is O=C(NCC=Cc1ccc(-c2ccncc2)cc1)OCc1ccccc1. The predicted octanol–water partition coefficient (Wildman–Crippen LogP) is 4.69. The number of alkyl carbamates (subject to hydrolysis) is 1. The summed E-state index contributed by atoms with van der Waals surface area (Å²) >= 11 is 0. The Morgan fingerprint density at radius 3 is 2.35 bits per heavy atom. The molecule has 3 rings (SSSR count). The Kier molecular flexibility index (Phi) is 6.15. The van der Waals surface area contributed by atoms with Crippen molar-refractivity contribution < 1.29 is 9.53 Å². The predicted molar refractivity (Wildman–Crippen MR) is 103 cm³/mol. The summed E-state index contributed by atoms with van der Waals surface area (Å²) in [7, 11) is 0. The van der Waals surface area contributed by atoms with Crippen LogP contribution in [0.15, 0.2) is 85.2 Å². The number of carbonyl (C=O) groups is 1. The normalized spacial score (nSPS) is 10.6. The lowest BCUT2D eigenvalue weighted by Gasteiger charge is -2.05. The third kappa shape index (κ3) is 5.31. The van der Waals surface area contributed by atoms with Crippen molar-refractivity contribution in [2.24, 2.45) is 0 Å². The maximum Gasteiger partial charge on any atom is 0.407 e. The average Bonchev–Trinajstić information content (AvgIpc) is 2.71. The van der Waals surface area contributed by atoms with Crippen LogP contribution in [0.25, 0.3) is 17.2 Å². The second-order valence-electron chi connectivity index (χ2n) is 5.70. The van der Waals surface area contributed by atoms with E-state index in [1.54, 1.807) is 12.4 Å². The topological polar surface area (TPSA) is 51.2 Å². The summed E-state index contributed by atoms with van der Waals surface area (Å²) in [6.45, 7) is 0.687. The third-order valence-electron chi connectivity index (χ3n) is 3.81. The van der Waals surface area contributed by atoms with Crippen LogP contribution in [-0.2, 0) is 11.3 Å². The molecule has 3 aromatic rings. The smallest absolute Gasteiger partial charge is 0.407 e. The molecule has 1 amide bonds. The number of carbonyl (C=O) groups excluding carboxylic acids is 1. The molecule has 0 aliphatic carbocycles. The van der Waals surface area contributed by atoms with Gasteiger partial charge < -0.3 is 10.1 Å². The number of nitrogens with one attached hydrogen (secondary N) is 1. The summed E-state index contributed by atoms with van der Waals surface area (Å²) in [5.41, 5.74) is 4.32. The van der Waals surface area contributed by atoms with Gasteiger partial charge in [-0.1, -0.05) is 66.7 Å². The molecule has 130 valence electrons. The van der Waals surface area contributed by atoms with Crippen LogP contribution in [0.4, 0.5) is 4.79 Å². The number of hydrogen-bond acceptors (Lipinski definition) is 3. The lowest BCUT2D eigenvalue weighted by Crippen LogP contribution is -2.24. The molecular formula is C22H20N2O2. The summed E-state index contributed by atoms with van der Waals surface area (Å²) in [6.07, 6.45) is 7.00. The van der Waals surface area contributed by atoms with Crippen LogP contribution in [0.5, 0.6) is 0 Å². The standard InChI is InChI=1S/C22H20N2O2/c25-22(26-17-19-5-2-1-3-6-19)24-14-4-7-18-8-10-20(11-9-18)21-12-15-23-16-13-21/h1-13,15-16H,14,17H2,(H,24,25). The van der Waals surface area contributed by atoms with E-state index in [0.29, 0.717) is 6.54 Å². The fraction of sp³-hybridized carbons (Fsp3) is 0.0909. The Morgan fingerprint density at radius 1 is 0.923 bits per heavy atom. The minimum Gasteiger partial charge on any atom is -0.445 e. The molecule has 1 heterocycles. The number of benzene rings is 2. The van der Waals surface area contributed by atoms with Crippen molar-refractivity contribution >= 4 is 12.2 Å². The third-order valence-corrected chi connectivity index (χ3v) is 3.81. The zero-order chi connectivity index (χ0) is 18.0. The van der Waals surface area contributed by atoms with E-state index in [1.165, 1.54) is 0 Å². The van der Waals surface area contributed by atoms with Crippen LogP contribution >= 0.6 is 0 Å². The number of pyridine rings is 1. The maximum absolute atomic E-state index is 11.7. The van der Waals surface area contributed by atoms with Gasteiger partial charge in [0.1, 0.15) is 6.61 Å². The number of aromatic nitrogens is 1. The minimum absolute atomic E-state index is 0.271. The average molecular weight is 344 g/mol. The number of hydrogen-bond donors (Lipinski definition) is 1. The van der Waals surface area contributed by atoms with Crippen molar-refractivity contribution in [1.29, 1.82) is 0 Å². The molecule has 0 saturated heterocycles. The van der Waals surface area contributed by atoms with Gasteiger partial charge in [0, 0.05) is 18.9 Å². The molecule has 0 aliphatic rings. The van der Waals surface area contributed by atoms with Crippen molar-refractivity contribution in [3.05, 3.63) is 96.3 Å². The van der Waals surface area contributed by atoms with Gasteiger partial charge in [0.2, 0.25) is 0 Å². The molecule has 26 heavy (non-hydrogen) atoms. The van der Waals surface area contributed by atoms with Crippen molar-refractivity contribution in [1.82, 2.24) is 10.3 Å².